The SMILES string of the molecule is O=C(CN1CCC(C2CCCC2)CC1)Nc1c(C(=O)C2CC2)[nH]c2c1CNCC2. The lowest BCUT2D eigenvalue weighted by atomic mass is 9.83. The van der Waals surface area contributed by atoms with Crippen LogP contribution in [0.25, 0.3) is 0 Å². The molecule has 3 N–H and O–H groups in total. The molecule has 2 saturated carbocycles. The first kappa shape index (κ1) is 19.3. The van der Waals surface area contributed by atoms with E-state index in [0.717, 1.165) is 67.7 Å². The molecule has 0 unspecified atom stereocenters. The Morgan fingerprint density at radius 3 is 2.45 bits per heavy atom. The maximum atomic E-state index is 12.9. The molecule has 1 saturated heterocycles. The van der Waals surface area contributed by atoms with Gasteiger partial charge >= 0.3 is 0 Å². The molecule has 0 atom stereocenters. The van der Waals surface area contributed by atoms with Crippen LogP contribution in [0.4, 0.5) is 5.69 Å². The highest BCUT2D eigenvalue weighted by atomic mass is 16.2. The zero-order valence-corrected chi connectivity index (χ0v) is 17.4. The molecule has 4 aliphatic rings. The number of carbonyl (C=O) groups excluding carboxylic acids is 2. The average molecular weight is 399 g/mol. The van der Waals surface area contributed by atoms with E-state index in [9.17, 15) is 9.59 Å². The van der Waals surface area contributed by atoms with Gasteiger partial charge in [-0.25, -0.2) is 0 Å². The number of rotatable bonds is 6. The number of fused-ring (bicyclic) bond motifs is 1. The molecule has 1 amide bonds. The summed E-state index contributed by atoms with van der Waals surface area (Å²) >= 11 is 0. The minimum Gasteiger partial charge on any atom is -0.354 e. The number of anilines is 1. The van der Waals surface area contributed by atoms with Crippen molar-refractivity contribution in [3.63, 3.8) is 0 Å². The number of H-pyrrole nitrogens is 1. The van der Waals surface area contributed by atoms with Gasteiger partial charge in [0.15, 0.2) is 5.78 Å². The highest BCUT2D eigenvalue weighted by molar-refractivity contribution is 6.07. The number of aromatic amines is 1. The van der Waals surface area contributed by atoms with Gasteiger partial charge in [0.2, 0.25) is 5.91 Å². The third kappa shape index (κ3) is 4.15. The zero-order valence-electron chi connectivity index (χ0n) is 17.4. The van der Waals surface area contributed by atoms with Crippen molar-refractivity contribution in [3.8, 4) is 0 Å². The number of amides is 1. The molecule has 0 spiro atoms. The van der Waals surface area contributed by atoms with E-state index in [1.54, 1.807) is 0 Å². The molecule has 29 heavy (non-hydrogen) atoms. The number of likely N-dealkylation sites (tertiary alicyclic amines) is 1. The van der Waals surface area contributed by atoms with Crippen molar-refractivity contribution in [2.45, 2.75) is 64.3 Å². The van der Waals surface area contributed by atoms with Gasteiger partial charge in [0.1, 0.15) is 5.69 Å². The largest absolute Gasteiger partial charge is 0.354 e. The molecule has 0 bridgehead atoms. The summed E-state index contributed by atoms with van der Waals surface area (Å²) < 4.78 is 0. The molecule has 1 aromatic heterocycles. The van der Waals surface area contributed by atoms with Crippen molar-refractivity contribution >= 4 is 17.4 Å². The Hall–Kier alpha value is -1.66. The summed E-state index contributed by atoms with van der Waals surface area (Å²) in [5, 5.41) is 6.49. The molecular formula is C23H34N4O2. The van der Waals surface area contributed by atoms with Gasteiger partial charge in [-0.2, -0.15) is 0 Å². The van der Waals surface area contributed by atoms with Crippen molar-refractivity contribution in [1.82, 2.24) is 15.2 Å². The van der Waals surface area contributed by atoms with Crippen LogP contribution in [0.2, 0.25) is 0 Å². The number of hydrogen-bond acceptors (Lipinski definition) is 4. The number of ketones is 1. The molecule has 3 heterocycles. The quantitative estimate of drug-likeness (QED) is 0.644. The fourth-order valence-corrected chi connectivity index (χ4v) is 5.69. The molecule has 2 aliphatic carbocycles. The second-order valence-electron chi connectivity index (χ2n) is 9.60. The number of Topliss-reactive ketones (excluding diaryl/α,β-unsaturated/α-hetero) is 1. The molecule has 158 valence electrons. The number of hydrogen-bond donors (Lipinski definition) is 3. The van der Waals surface area contributed by atoms with Gasteiger partial charge in [-0.05, 0) is 50.6 Å². The molecular weight excluding hydrogens is 364 g/mol. The fourth-order valence-electron chi connectivity index (χ4n) is 5.69. The van der Waals surface area contributed by atoms with Crippen LogP contribution in [-0.2, 0) is 17.8 Å². The first-order valence-electron chi connectivity index (χ1n) is 11.7. The summed E-state index contributed by atoms with van der Waals surface area (Å²) in [5.41, 5.74) is 3.57. The second-order valence-corrected chi connectivity index (χ2v) is 9.60. The summed E-state index contributed by atoms with van der Waals surface area (Å²) in [5.74, 6) is 2.13. The Morgan fingerprint density at radius 2 is 1.72 bits per heavy atom. The van der Waals surface area contributed by atoms with Crippen molar-refractivity contribution in [2.24, 2.45) is 17.8 Å². The zero-order chi connectivity index (χ0) is 19.8. The van der Waals surface area contributed by atoms with Gasteiger partial charge < -0.3 is 15.6 Å². The second kappa shape index (κ2) is 8.23. The van der Waals surface area contributed by atoms with E-state index in [2.05, 4.69) is 20.5 Å². The standard InChI is InChI=1S/C23H34N4O2/c28-20(14-27-11-8-16(9-12-27)15-3-1-2-4-15)26-21-18-13-24-10-7-19(18)25-22(21)23(29)17-5-6-17/h15-17,24-25H,1-14H2,(H,26,28). The van der Waals surface area contributed by atoms with E-state index < -0.39 is 0 Å². The fraction of sp³-hybridized carbons (Fsp3) is 0.739. The van der Waals surface area contributed by atoms with Crippen LogP contribution < -0.4 is 10.6 Å². The van der Waals surface area contributed by atoms with Gasteiger partial charge in [-0.3, -0.25) is 14.5 Å². The maximum absolute atomic E-state index is 12.9. The van der Waals surface area contributed by atoms with Crippen molar-refractivity contribution in [3.05, 3.63) is 17.0 Å². The van der Waals surface area contributed by atoms with E-state index in [0.29, 0.717) is 18.8 Å². The molecule has 2 aliphatic heterocycles. The van der Waals surface area contributed by atoms with Gasteiger partial charge in [-0.15, -0.1) is 0 Å². The third-order valence-corrected chi connectivity index (χ3v) is 7.57. The van der Waals surface area contributed by atoms with Crippen LogP contribution in [0.1, 0.15) is 73.1 Å². The van der Waals surface area contributed by atoms with Crippen LogP contribution in [0.5, 0.6) is 0 Å². The van der Waals surface area contributed by atoms with Crippen molar-refractivity contribution in [2.75, 3.05) is 31.5 Å². The van der Waals surface area contributed by atoms with Crippen molar-refractivity contribution < 1.29 is 9.59 Å². The lowest BCUT2D eigenvalue weighted by Gasteiger charge is -2.34. The molecule has 5 rings (SSSR count). The number of aromatic nitrogens is 1. The van der Waals surface area contributed by atoms with Gasteiger partial charge in [0.05, 0.1) is 12.2 Å². The van der Waals surface area contributed by atoms with E-state index in [-0.39, 0.29) is 17.6 Å². The number of carbonyl (C=O) groups is 2. The number of nitrogens with one attached hydrogen (secondary N) is 3. The van der Waals surface area contributed by atoms with Crippen LogP contribution in [0.3, 0.4) is 0 Å². The van der Waals surface area contributed by atoms with E-state index >= 15 is 0 Å². The summed E-state index contributed by atoms with van der Waals surface area (Å²) in [7, 11) is 0. The average Bonchev–Trinajstić information content (AvgIpc) is 3.32. The normalized spacial score (nSPS) is 23.9. The first-order chi connectivity index (χ1) is 14.2. The number of piperidine rings is 1. The van der Waals surface area contributed by atoms with Crippen LogP contribution >= 0.6 is 0 Å². The van der Waals surface area contributed by atoms with E-state index in [4.69, 9.17) is 0 Å². The molecule has 1 aromatic rings. The predicted octanol–water partition coefficient (Wildman–Crippen LogP) is 3.09. The monoisotopic (exact) mass is 398 g/mol. The molecule has 0 aromatic carbocycles. The smallest absolute Gasteiger partial charge is 0.238 e. The Bertz CT molecular complexity index is 768. The van der Waals surface area contributed by atoms with Crippen molar-refractivity contribution in [1.29, 1.82) is 0 Å². The maximum Gasteiger partial charge on any atom is 0.238 e. The number of nitrogens with zero attached hydrogens (tertiary/aromatic N) is 1. The van der Waals surface area contributed by atoms with E-state index in [1.807, 2.05) is 0 Å². The Balaban J connectivity index is 1.22. The Labute approximate surface area is 173 Å². The third-order valence-electron chi connectivity index (χ3n) is 7.57. The lowest BCUT2D eigenvalue weighted by Crippen LogP contribution is -2.40. The molecule has 6 nitrogen and oxygen atoms in total. The van der Waals surface area contributed by atoms with Crippen LogP contribution in [-0.4, -0.2) is 47.8 Å². The minimum absolute atomic E-state index is 0.0153. The van der Waals surface area contributed by atoms with E-state index in [1.165, 1.54) is 38.5 Å². The molecule has 3 fully saturated rings. The Kier molecular flexibility index (Phi) is 5.48. The van der Waals surface area contributed by atoms with Crippen LogP contribution in [0.15, 0.2) is 0 Å². The highest BCUT2D eigenvalue weighted by Gasteiger charge is 2.35. The minimum atomic E-state index is 0.0153. The van der Waals surface area contributed by atoms with Gasteiger partial charge in [-0.1, -0.05) is 25.7 Å². The Morgan fingerprint density at radius 1 is 1.00 bits per heavy atom. The summed E-state index contributed by atoms with van der Waals surface area (Å²) in [6.07, 6.45) is 10.9. The molecule has 6 heteroatoms. The topological polar surface area (TPSA) is 77.2 Å². The summed E-state index contributed by atoms with van der Waals surface area (Å²) in [6.45, 7) is 4.10. The summed E-state index contributed by atoms with van der Waals surface area (Å²) in [6, 6.07) is 0. The highest BCUT2D eigenvalue weighted by Crippen LogP contribution is 2.38. The van der Waals surface area contributed by atoms with Gasteiger partial charge in [0, 0.05) is 36.7 Å². The predicted molar refractivity (Wildman–Crippen MR) is 113 cm³/mol. The molecule has 0 radical (unpaired) electrons. The first-order valence-corrected chi connectivity index (χ1v) is 11.7. The summed E-state index contributed by atoms with van der Waals surface area (Å²) in [4.78, 5) is 31.3. The lowest BCUT2D eigenvalue weighted by molar-refractivity contribution is -0.117. The van der Waals surface area contributed by atoms with Crippen LogP contribution in [0, 0.1) is 17.8 Å². The van der Waals surface area contributed by atoms with Gasteiger partial charge in [0.25, 0.3) is 0 Å².